The van der Waals surface area contributed by atoms with Crippen LogP contribution in [0.2, 0.25) is 0 Å². The number of benzene rings is 2. The molecule has 0 radical (unpaired) electrons. The van der Waals surface area contributed by atoms with Crippen LogP contribution in [0.25, 0.3) is 0 Å². The number of hydrogen-bond donors (Lipinski definition) is 5. The molecule has 2 fully saturated rings. The molecule has 2 heterocycles. The van der Waals surface area contributed by atoms with Crippen molar-refractivity contribution in [1.82, 2.24) is 4.90 Å². The predicted molar refractivity (Wildman–Crippen MR) is 160 cm³/mol. The van der Waals surface area contributed by atoms with Gasteiger partial charge in [0.1, 0.15) is 29.5 Å². The Labute approximate surface area is 270 Å². The van der Waals surface area contributed by atoms with E-state index in [4.69, 9.17) is 23.7 Å². The van der Waals surface area contributed by atoms with E-state index in [9.17, 15) is 39.9 Å². The number of methoxy groups -OCH3 is 2. The normalized spacial score (nSPS) is 32.4. The minimum Gasteiger partial charge on any atom is -0.507 e. The topological polar surface area (TPSA) is 202 Å². The average molecular weight is 658 g/mol. The molecule has 2 aliphatic carbocycles. The maximum atomic E-state index is 13.9. The number of aromatic hydroxyl groups is 2. The molecule has 14 nitrogen and oxygen atoms in total. The summed E-state index contributed by atoms with van der Waals surface area (Å²) in [5.41, 5.74) is -3.58. The molecule has 2 saturated heterocycles. The van der Waals surface area contributed by atoms with E-state index < -0.39 is 96.0 Å². The lowest BCUT2D eigenvalue weighted by molar-refractivity contribution is -0.289. The Balaban J connectivity index is 1.43. The highest BCUT2D eigenvalue weighted by molar-refractivity contribution is 6.31. The molecule has 0 amide bonds. The summed E-state index contributed by atoms with van der Waals surface area (Å²) in [5.74, 6) is -3.81. The third-order valence-corrected chi connectivity index (χ3v) is 10.1. The molecule has 47 heavy (non-hydrogen) atoms. The van der Waals surface area contributed by atoms with Gasteiger partial charge in [-0.2, -0.15) is 0 Å². The second-order valence-electron chi connectivity index (χ2n) is 12.6. The number of Topliss-reactive ketones (excluding diaryl/α,β-unsaturated/α-hetero) is 1. The van der Waals surface area contributed by atoms with Gasteiger partial charge in [-0.1, -0.05) is 19.1 Å². The van der Waals surface area contributed by atoms with Crippen LogP contribution in [-0.4, -0.2) is 118 Å². The second-order valence-corrected chi connectivity index (χ2v) is 12.6. The smallest absolute Gasteiger partial charge is 0.202 e. The fraction of sp³-hybridized carbons (Fsp3) is 0.545. The first-order chi connectivity index (χ1) is 22.4. The highest BCUT2D eigenvalue weighted by Gasteiger charge is 2.51. The first kappa shape index (κ1) is 33.4. The summed E-state index contributed by atoms with van der Waals surface area (Å²) >= 11 is 0. The van der Waals surface area contributed by atoms with Gasteiger partial charge in [0.25, 0.3) is 0 Å². The van der Waals surface area contributed by atoms with E-state index in [1.807, 2.05) is 18.7 Å². The number of phenols is 2. The van der Waals surface area contributed by atoms with Crippen LogP contribution in [0.1, 0.15) is 75.8 Å². The molecule has 0 saturated carbocycles. The molecular weight excluding hydrogens is 618 g/mol. The minimum atomic E-state index is -2.26. The van der Waals surface area contributed by atoms with E-state index in [0.717, 1.165) is 0 Å². The molecule has 1 unspecified atom stereocenters. The molecule has 2 aliphatic heterocycles. The first-order valence-electron chi connectivity index (χ1n) is 15.5. The molecule has 8 atom stereocenters. The molecule has 2 aromatic rings. The van der Waals surface area contributed by atoms with E-state index in [1.54, 1.807) is 0 Å². The summed E-state index contributed by atoms with van der Waals surface area (Å²) in [5, 5.41) is 55.6. The Morgan fingerprint density at radius 3 is 2.49 bits per heavy atom. The van der Waals surface area contributed by atoms with Crippen LogP contribution in [0.4, 0.5) is 0 Å². The quantitative estimate of drug-likeness (QED) is 0.225. The Hall–Kier alpha value is -3.47. The lowest BCUT2D eigenvalue weighted by atomic mass is 9.72. The van der Waals surface area contributed by atoms with Gasteiger partial charge in [0, 0.05) is 55.6 Å². The molecular formula is C33H39NO13. The summed E-state index contributed by atoms with van der Waals surface area (Å²) < 4.78 is 28.7. The van der Waals surface area contributed by atoms with Crippen molar-refractivity contribution in [1.29, 1.82) is 0 Å². The number of ether oxygens (including phenoxy) is 5. The second kappa shape index (κ2) is 12.5. The van der Waals surface area contributed by atoms with Crippen LogP contribution in [0.3, 0.4) is 0 Å². The van der Waals surface area contributed by atoms with E-state index >= 15 is 0 Å². The maximum absolute atomic E-state index is 13.9. The van der Waals surface area contributed by atoms with Gasteiger partial charge in [-0.3, -0.25) is 19.3 Å². The Kier molecular flexibility index (Phi) is 8.91. The van der Waals surface area contributed by atoms with Gasteiger partial charge < -0.3 is 49.2 Å². The summed E-state index contributed by atoms with van der Waals surface area (Å²) in [6.07, 6.45) is -5.53. The predicted octanol–water partition coefficient (Wildman–Crippen LogP) is 0.941. The van der Waals surface area contributed by atoms with Gasteiger partial charge in [-0.05, 0) is 18.9 Å². The van der Waals surface area contributed by atoms with Gasteiger partial charge in [0.2, 0.25) is 5.78 Å². The average Bonchev–Trinajstić information content (AvgIpc) is 3.06. The van der Waals surface area contributed by atoms with Crippen LogP contribution in [0, 0.1) is 5.92 Å². The SMILES string of the molecule is COc1cccc2c1C(=O)c1c(O)c3c(c(O)c1C2=O)CC(O)(C(=O)CO)C[C@@H]3O[C@H]1C[C@H](N2CCO[C@H](OC)[C@H]2O)[C@H](C)[C@H](C)O1. The summed E-state index contributed by atoms with van der Waals surface area (Å²) in [6.45, 7) is 3.49. The van der Waals surface area contributed by atoms with Gasteiger partial charge in [0.15, 0.2) is 30.4 Å². The van der Waals surface area contributed by atoms with Gasteiger partial charge in [-0.25, -0.2) is 0 Å². The number of rotatable bonds is 7. The molecule has 5 N–H and O–H groups in total. The van der Waals surface area contributed by atoms with Gasteiger partial charge in [0.05, 0.1) is 42.6 Å². The van der Waals surface area contributed by atoms with Crippen LogP contribution in [0.15, 0.2) is 18.2 Å². The third-order valence-electron chi connectivity index (χ3n) is 10.1. The number of aliphatic hydroxyl groups excluding tert-OH is 2. The van der Waals surface area contributed by atoms with Crippen molar-refractivity contribution in [3.8, 4) is 17.2 Å². The lowest BCUT2D eigenvalue weighted by Crippen LogP contribution is -2.61. The molecule has 14 heteroatoms. The highest BCUT2D eigenvalue weighted by atomic mass is 16.7. The molecule has 254 valence electrons. The molecule has 4 aliphatic rings. The zero-order chi connectivity index (χ0) is 33.9. The van der Waals surface area contributed by atoms with Crippen molar-refractivity contribution >= 4 is 17.3 Å². The van der Waals surface area contributed by atoms with Gasteiger partial charge >= 0.3 is 0 Å². The zero-order valence-corrected chi connectivity index (χ0v) is 26.5. The minimum absolute atomic E-state index is 0.0485. The number of nitrogens with zero attached hydrogens (tertiary/aromatic N) is 1. The Bertz CT molecular complexity index is 1610. The maximum Gasteiger partial charge on any atom is 0.202 e. The van der Waals surface area contributed by atoms with E-state index in [2.05, 4.69) is 0 Å². The largest absolute Gasteiger partial charge is 0.507 e. The fourth-order valence-corrected chi connectivity index (χ4v) is 7.45. The Morgan fingerprint density at radius 2 is 1.81 bits per heavy atom. The molecule has 0 spiro atoms. The van der Waals surface area contributed by atoms with Crippen molar-refractivity contribution < 1.29 is 63.6 Å². The highest BCUT2D eigenvalue weighted by Crippen LogP contribution is 2.52. The zero-order valence-electron chi connectivity index (χ0n) is 26.5. The number of hydrogen-bond acceptors (Lipinski definition) is 14. The van der Waals surface area contributed by atoms with E-state index in [1.165, 1.54) is 32.4 Å². The third kappa shape index (κ3) is 5.33. The number of aliphatic hydroxyl groups is 3. The van der Waals surface area contributed by atoms with Crippen molar-refractivity contribution in [2.75, 3.05) is 34.0 Å². The molecule has 6 rings (SSSR count). The number of morpholine rings is 1. The standard InChI is InChI=1S/C33H39NO13/c1-14-15(2)46-22(10-18(14)34-8-9-45-32(44-4)31(34)41)47-20-12-33(42,21(36)13-35)11-17-24(20)30(40)26-25(28(17)38)27(37)16-6-5-7-19(43-3)23(16)29(26)39/h5-7,14-15,18,20,22,31-32,35,38,40-42H,8-13H2,1-4H3/t14-,15+,18+,20+,22+,31-,32+,33?/m1/s1. The molecule has 2 aromatic carbocycles. The number of phenolic OH excluding ortho intramolecular Hbond substituents is 2. The summed E-state index contributed by atoms with van der Waals surface area (Å²) in [7, 11) is 2.77. The number of carbonyl (C=O) groups excluding carboxylic acids is 3. The number of fused-ring (bicyclic) bond motifs is 3. The fourth-order valence-electron chi connectivity index (χ4n) is 7.45. The summed E-state index contributed by atoms with van der Waals surface area (Å²) in [4.78, 5) is 42.3. The van der Waals surface area contributed by atoms with Crippen LogP contribution < -0.4 is 4.74 Å². The van der Waals surface area contributed by atoms with Crippen LogP contribution in [-0.2, 0) is 30.2 Å². The lowest BCUT2D eigenvalue weighted by Gasteiger charge is -2.49. The molecule has 0 bridgehead atoms. The Morgan fingerprint density at radius 1 is 1.09 bits per heavy atom. The van der Waals surface area contributed by atoms with Crippen LogP contribution >= 0.6 is 0 Å². The van der Waals surface area contributed by atoms with E-state index in [-0.39, 0.29) is 46.4 Å². The van der Waals surface area contributed by atoms with Crippen molar-refractivity contribution in [3.05, 3.63) is 51.6 Å². The number of ketones is 3. The number of carbonyl (C=O) groups is 3. The first-order valence-corrected chi connectivity index (χ1v) is 15.5. The van der Waals surface area contributed by atoms with Crippen molar-refractivity contribution in [3.63, 3.8) is 0 Å². The van der Waals surface area contributed by atoms with E-state index in [0.29, 0.717) is 13.2 Å². The van der Waals surface area contributed by atoms with Crippen LogP contribution in [0.5, 0.6) is 17.2 Å². The van der Waals surface area contributed by atoms with Crippen molar-refractivity contribution in [2.24, 2.45) is 5.92 Å². The summed E-state index contributed by atoms with van der Waals surface area (Å²) in [6, 6.07) is 4.11. The van der Waals surface area contributed by atoms with Crippen molar-refractivity contribution in [2.45, 2.75) is 75.8 Å². The molecule has 0 aromatic heterocycles. The monoisotopic (exact) mass is 657 g/mol. The van der Waals surface area contributed by atoms with Gasteiger partial charge in [-0.15, -0.1) is 0 Å².